The SMILES string of the molecule is Nc1ncc(-c2cn(C34CC(C3)C4)c(CC(F)(F)F)n2)cc1OC(F)(F)F. The molecule has 0 atom stereocenters. The minimum Gasteiger partial charge on any atom is -0.402 e. The van der Waals surface area contributed by atoms with Crippen molar-refractivity contribution in [3.8, 4) is 17.0 Å². The lowest BCUT2D eigenvalue weighted by atomic mass is 9.49. The highest BCUT2D eigenvalue weighted by Crippen LogP contribution is 2.62. The van der Waals surface area contributed by atoms with E-state index < -0.39 is 30.5 Å². The van der Waals surface area contributed by atoms with Crippen LogP contribution < -0.4 is 10.5 Å². The van der Waals surface area contributed by atoms with E-state index >= 15 is 0 Å². The molecule has 3 fully saturated rings. The summed E-state index contributed by atoms with van der Waals surface area (Å²) >= 11 is 0. The fourth-order valence-electron chi connectivity index (χ4n) is 3.80. The topological polar surface area (TPSA) is 66.0 Å². The van der Waals surface area contributed by atoms with Crippen molar-refractivity contribution in [2.45, 2.75) is 43.8 Å². The summed E-state index contributed by atoms with van der Waals surface area (Å²) in [7, 11) is 0. The monoisotopic (exact) mass is 392 g/mol. The van der Waals surface area contributed by atoms with Gasteiger partial charge in [-0.3, -0.25) is 0 Å². The Morgan fingerprint density at radius 3 is 2.37 bits per heavy atom. The van der Waals surface area contributed by atoms with Crippen LogP contribution in [-0.2, 0) is 12.0 Å². The molecule has 3 saturated carbocycles. The van der Waals surface area contributed by atoms with Crippen LogP contribution in [-0.4, -0.2) is 27.1 Å². The van der Waals surface area contributed by atoms with Crippen LogP contribution in [0.15, 0.2) is 18.5 Å². The van der Waals surface area contributed by atoms with E-state index in [1.165, 1.54) is 10.8 Å². The molecule has 2 aromatic rings. The predicted octanol–water partition coefficient (Wildman–Crippen LogP) is 4.04. The number of hydrogen-bond donors (Lipinski definition) is 1. The van der Waals surface area contributed by atoms with Crippen molar-refractivity contribution in [3.63, 3.8) is 0 Å². The first-order valence-electron chi connectivity index (χ1n) is 8.11. The Kier molecular flexibility index (Phi) is 3.67. The summed E-state index contributed by atoms with van der Waals surface area (Å²) in [6.45, 7) is 0. The number of anilines is 1. The van der Waals surface area contributed by atoms with Crippen LogP contribution in [0.1, 0.15) is 25.1 Å². The van der Waals surface area contributed by atoms with E-state index in [4.69, 9.17) is 5.73 Å². The van der Waals surface area contributed by atoms with E-state index in [0.29, 0.717) is 5.92 Å². The summed E-state index contributed by atoms with van der Waals surface area (Å²) in [5, 5.41) is 0. The van der Waals surface area contributed by atoms with Crippen molar-refractivity contribution < 1.29 is 31.1 Å². The van der Waals surface area contributed by atoms with Crippen LogP contribution >= 0.6 is 0 Å². The van der Waals surface area contributed by atoms with Crippen molar-refractivity contribution >= 4 is 5.82 Å². The molecule has 2 N–H and O–H groups in total. The number of nitrogens with zero attached hydrogens (tertiary/aromatic N) is 3. The second-order valence-electron chi connectivity index (χ2n) is 7.06. The van der Waals surface area contributed by atoms with E-state index in [1.54, 1.807) is 0 Å². The summed E-state index contributed by atoms with van der Waals surface area (Å²) in [6.07, 6.45) is -5.67. The number of nitrogen functional groups attached to an aromatic ring is 1. The van der Waals surface area contributed by atoms with Crippen LogP contribution in [0.25, 0.3) is 11.3 Å². The Bertz CT molecular complexity index is 871. The molecule has 2 aromatic heterocycles. The molecule has 5 rings (SSSR count). The van der Waals surface area contributed by atoms with Gasteiger partial charge in [0, 0.05) is 23.5 Å². The lowest BCUT2D eigenvalue weighted by Crippen LogP contribution is -2.59. The lowest BCUT2D eigenvalue weighted by molar-refractivity contribution is -0.274. The average Bonchev–Trinajstić information content (AvgIpc) is 2.78. The van der Waals surface area contributed by atoms with Crippen molar-refractivity contribution in [2.24, 2.45) is 5.92 Å². The zero-order chi connectivity index (χ0) is 19.6. The standard InChI is InChI=1S/C16H14F6N4O/c17-15(18,19)5-12-25-10(7-26(12)14-2-8(3-14)4-14)9-1-11(13(23)24-6-9)27-16(20,21)22/h1,6-8H,2-5H2,(H2,23,24). The number of alkyl halides is 6. The zero-order valence-electron chi connectivity index (χ0n) is 13.7. The quantitative estimate of drug-likeness (QED) is 0.798. The van der Waals surface area contributed by atoms with Crippen LogP contribution in [0.4, 0.5) is 32.2 Å². The first-order chi connectivity index (χ1) is 12.4. The van der Waals surface area contributed by atoms with E-state index in [1.807, 2.05) is 0 Å². The van der Waals surface area contributed by atoms with Crippen LogP contribution in [0.3, 0.4) is 0 Å². The molecule has 2 bridgehead atoms. The second kappa shape index (κ2) is 5.52. The summed E-state index contributed by atoms with van der Waals surface area (Å²) < 4.78 is 81.6. The van der Waals surface area contributed by atoms with E-state index in [0.717, 1.165) is 31.5 Å². The summed E-state index contributed by atoms with van der Waals surface area (Å²) in [5.41, 5.74) is 5.22. The molecule has 3 aliphatic carbocycles. The van der Waals surface area contributed by atoms with Crippen molar-refractivity contribution in [1.29, 1.82) is 0 Å². The molecule has 0 aliphatic heterocycles. The number of nitrogens with two attached hydrogens (primary N) is 1. The molecular formula is C16H14F6N4O. The first kappa shape index (κ1) is 17.9. The van der Waals surface area contributed by atoms with Gasteiger partial charge < -0.3 is 15.0 Å². The third kappa shape index (κ3) is 3.30. The Balaban J connectivity index is 1.72. The van der Waals surface area contributed by atoms with E-state index in [9.17, 15) is 26.3 Å². The maximum absolute atomic E-state index is 12.9. The minimum absolute atomic E-state index is 0.0946. The maximum atomic E-state index is 12.9. The second-order valence-corrected chi connectivity index (χ2v) is 7.06. The van der Waals surface area contributed by atoms with Crippen LogP contribution in [0.2, 0.25) is 0 Å². The Morgan fingerprint density at radius 1 is 1.19 bits per heavy atom. The van der Waals surface area contributed by atoms with E-state index in [2.05, 4.69) is 14.7 Å². The molecular weight excluding hydrogens is 378 g/mol. The van der Waals surface area contributed by atoms with Gasteiger partial charge in [-0.05, 0) is 31.2 Å². The Morgan fingerprint density at radius 2 is 1.85 bits per heavy atom. The van der Waals surface area contributed by atoms with Gasteiger partial charge in [0.25, 0.3) is 0 Å². The smallest absolute Gasteiger partial charge is 0.402 e. The Hall–Kier alpha value is -2.46. The number of halogens is 6. The lowest BCUT2D eigenvalue weighted by Gasteiger charge is -2.62. The number of hydrogen-bond acceptors (Lipinski definition) is 4. The van der Waals surface area contributed by atoms with Crippen LogP contribution in [0, 0.1) is 5.92 Å². The zero-order valence-corrected chi connectivity index (χ0v) is 13.7. The molecule has 2 heterocycles. The van der Waals surface area contributed by atoms with Gasteiger partial charge in [0.05, 0.1) is 5.69 Å². The van der Waals surface area contributed by atoms with Gasteiger partial charge in [-0.15, -0.1) is 13.2 Å². The normalized spacial score (nSPS) is 24.3. The molecule has 11 heteroatoms. The van der Waals surface area contributed by atoms with Gasteiger partial charge >= 0.3 is 12.5 Å². The largest absolute Gasteiger partial charge is 0.573 e. The summed E-state index contributed by atoms with van der Waals surface area (Å²) in [6, 6.07) is 0.974. The third-order valence-corrected chi connectivity index (χ3v) is 5.06. The molecule has 0 unspecified atom stereocenters. The highest BCUT2D eigenvalue weighted by Gasteiger charge is 2.58. The molecule has 146 valence electrons. The number of ether oxygens (including phenoxy) is 1. The molecule has 0 amide bonds. The molecule has 5 nitrogen and oxygen atoms in total. The fraction of sp³-hybridized carbons (Fsp3) is 0.500. The van der Waals surface area contributed by atoms with Crippen molar-refractivity contribution in [2.75, 3.05) is 5.73 Å². The average molecular weight is 392 g/mol. The molecule has 0 spiro atoms. The Labute approximate surface area is 149 Å². The van der Waals surface area contributed by atoms with Crippen LogP contribution in [0.5, 0.6) is 5.75 Å². The van der Waals surface area contributed by atoms with Gasteiger partial charge in [0.15, 0.2) is 11.6 Å². The molecule has 0 saturated heterocycles. The third-order valence-electron chi connectivity index (χ3n) is 5.06. The number of imidazole rings is 1. The molecule has 27 heavy (non-hydrogen) atoms. The highest BCUT2D eigenvalue weighted by atomic mass is 19.4. The first-order valence-corrected chi connectivity index (χ1v) is 8.11. The van der Waals surface area contributed by atoms with Crippen molar-refractivity contribution in [1.82, 2.24) is 14.5 Å². The molecule has 0 radical (unpaired) electrons. The summed E-state index contributed by atoms with van der Waals surface area (Å²) in [5.74, 6) is -0.840. The van der Waals surface area contributed by atoms with Gasteiger partial charge in [0.2, 0.25) is 0 Å². The van der Waals surface area contributed by atoms with Gasteiger partial charge in [0.1, 0.15) is 12.2 Å². The summed E-state index contributed by atoms with van der Waals surface area (Å²) in [4.78, 5) is 7.67. The number of rotatable bonds is 4. The predicted molar refractivity (Wildman–Crippen MR) is 81.6 cm³/mol. The van der Waals surface area contributed by atoms with Gasteiger partial charge in [-0.25, -0.2) is 9.97 Å². The maximum Gasteiger partial charge on any atom is 0.573 e. The molecule has 0 aromatic carbocycles. The fourth-order valence-corrected chi connectivity index (χ4v) is 3.80. The van der Waals surface area contributed by atoms with Crippen molar-refractivity contribution in [3.05, 3.63) is 24.3 Å². The van der Waals surface area contributed by atoms with Gasteiger partial charge in [-0.1, -0.05) is 0 Å². The minimum atomic E-state index is -4.97. The molecule has 3 aliphatic rings. The number of aromatic nitrogens is 3. The van der Waals surface area contributed by atoms with E-state index in [-0.39, 0.29) is 22.6 Å². The van der Waals surface area contributed by atoms with Gasteiger partial charge in [-0.2, -0.15) is 13.2 Å². The number of pyridine rings is 1. The highest BCUT2D eigenvalue weighted by molar-refractivity contribution is 5.64.